The molecule has 0 amide bonds. The molecule has 0 bridgehead atoms. The largest absolute Gasteiger partial charge is 0.362 e. The molecule has 1 heterocycles. The van der Waals surface area contributed by atoms with Gasteiger partial charge >= 0.3 is 0 Å². The second-order valence-electron chi connectivity index (χ2n) is 2.10. The van der Waals surface area contributed by atoms with E-state index in [1.54, 1.807) is 0 Å². The second-order valence-corrected chi connectivity index (χ2v) is 2.10. The lowest BCUT2D eigenvalue weighted by Crippen LogP contribution is -2.21. The molecule has 0 spiro atoms. The summed E-state index contributed by atoms with van der Waals surface area (Å²) in [5, 5.41) is 0. The van der Waals surface area contributed by atoms with Crippen molar-refractivity contribution >= 4 is 0 Å². The Morgan fingerprint density at radius 3 is 2.10 bits per heavy atom. The molecular formula is C8H20N2. The summed E-state index contributed by atoms with van der Waals surface area (Å²) in [7, 11) is 2.08. The SMILES string of the molecule is C.C.CCN1C=CN(C)C1. The van der Waals surface area contributed by atoms with Gasteiger partial charge < -0.3 is 9.80 Å². The van der Waals surface area contributed by atoms with Gasteiger partial charge in [0, 0.05) is 26.0 Å². The molecule has 0 N–H and O–H groups in total. The molecule has 1 rings (SSSR count). The Bertz CT molecular complexity index is 99.4. The highest BCUT2D eigenvalue weighted by molar-refractivity contribution is 4.87. The molecule has 2 nitrogen and oxygen atoms in total. The average molecular weight is 144 g/mol. The maximum Gasteiger partial charge on any atom is 0.0890 e. The molecule has 1 aliphatic heterocycles. The van der Waals surface area contributed by atoms with Gasteiger partial charge in [-0.25, -0.2) is 0 Å². The van der Waals surface area contributed by atoms with Crippen LogP contribution in [0.25, 0.3) is 0 Å². The number of rotatable bonds is 1. The van der Waals surface area contributed by atoms with E-state index < -0.39 is 0 Å². The summed E-state index contributed by atoms with van der Waals surface area (Å²) in [5.41, 5.74) is 0. The van der Waals surface area contributed by atoms with Crippen molar-refractivity contribution in [2.24, 2.45) is 0 Å². The lowest BCUT2D eigenvalue weighted by molar-refractivity contribution is 0.308. The number of nitrogens with zero attached hydrogens (tertiary/aromatic N) is 2. The summed E-state index contributed by atoms with van der Waals surface area (Å²) in [6.45, 7) is 4.32. The van der Waals surface area contributed by atoms with Crippen LogP contribution in [0.15, 0.2) is 12.4 Å². The average Bonchev–Trinajstić information content (AvgIpc) is 2.14. The first-order valence-electron chi connectivity index (χ1n) is 2.95. The van der Waals surface area contributed by atoms with E-state index in [4.69, 9.17) is 0 Å². The first kappa shape index (κ1) is 12.1. The first-order valence-corrected chi connectivity index (χ1v) is 2.95. The molecule has 0 radical (unpaired) electrons. The second kappa shape index (κ2) is 5.15. The minimum Gasteiger partial charge on any atom is -0.362 e. The zero-order chi connectivity index (χ0) is 5.98. The Hall–Kier alpha value is -0.660. The van der Waals surface area contributed by atoms with Crippen LogP contribution in [0.3, 0.4) is 0 Å². The Labute approximate surface area is 65.1 Å². The van der Waals surface area contributed by atoms with E-state index in [0.717, 1.165) is 13.2 Å². The Morgan fingerprint density at radius 2 is 1.90 bits per heavy atom. The van der Waals surface area contributed by atoms with E-state index in [-0.39, 0.29) is 14.9 Å². The van der Waals surface area contributed by atoms with Gasteiger partial charge in [-0.1, -0.05) is 14.9 Å². The standard InChI is InChI=1S/C6H12N2.2CH4/c1-3-8-5-4-7(2)6-8;;/h4-5H,3,6H2,1-2H3;2*1H4. The zero-order valence-electron chi connectivity index (χ0n) is 5.46. The zero-order valence-corrected chi connectivity index (χ0v) is 5.46. The predicted octanol–water partition coefficient (Wildman–Crippen LogP) is 1.95. The molecule has 0 saturated heterocycles. The third kappa shape index (κ3) is 2.76. The van der Waals surface area contributed by atoms with Gasteiger partial charge in [-0.3, -0.25) is 0 Å². The van der Waals surface area contributed by atoms with Gasteiger partial charge in [0.05, 0.1) is 6.67 Å². The molecular weight excluding hydrogens is 124 g/mol. The van der Waals surface area contributed by atoms with Gasteiger partial charge in [-0.05, 0) is 6.92 Å². The molecule has 0 saturated carbocycles. The van der Waals surface area contributed by atoms with Crippen LogP contribution in [0.1, 0.15) is 21.8 Å². The van der Waals surface area contributed by atoms with Crippen LogP contribution in [0, 0.1) is 0 Å². The van der Waals surface area contributed by atoms with E-state index in [0.29, 0.717) is 0 Å². The van der Waals surface area contributed by atoms with Crippen LogP contribution in [-0.4, -0.2) is 30.1 Å². The van der Waals surface area contributed by atoms with Crippen LogP contribution >= 0.6 is 0 Å². The van der Waals surface area contributed by atoms with E-state index >= 15 is 0 Å². The molecule has 0 aliphatic carbocycles. The highest BCUT2D eigenvalue weighted by atomic mass is 15.3. The molecule has 0 unspecified atom stereocenters. The summed E-state index contributed by atoms with van der Waals surface area (Å²) in [4.78, 5) is 4.41. The van der Waals surface area contributed by atoms with Gasteiger partial charge in [0.1, 0.15) is 0 Å². The van der Waals surface area contributed by atoms with E-state index in [9.17, 15) is 0 Å². The maximum absolute atomic E-state index is 2.25. The monoisotopic (exact) mass is 144 g/mol. The highest BCUT2D eigenvalue weighted by Gasteiger charge is 2.03. The van der Waals surface area contributed by atoms with E-state index in [1.165, 1.54) is 0 Å². The van der Waals surface area contributed by atoms with Crippen molar-refractivity contribution in [1.82, 2.24) is 9.80 Å². The topological polar surface area (TPSA) is 6.48 Å². The molecule has 0 aromatic heterocycles. The summed E-state index contributed by atoms with van der Waals surface area (Å²) in [6.07, 6.45) is 4.20. The quantitative estimate of drug-likeness (QED) is 0.555. The number of hydrogen-bond acceptors (Lipinski definition) is 2. The van der Waals surface area contributed by atoms with Crippen LogP contribution < -0.4 is 0 Å². The summed E-state index contributed by atoms with van der Waals surface area (Å²) >= 11 is 0. The van der Waals surface area contributed by atoms with Gasteiger partial charge in [-0.15, -0.1) is 0 Å². The summed E-state index contributed by atoms with van der Waals surface area (Å²) < 4.78 is 0. The first-order chi connectivity index (χ1) is 3.83. The van der Waals surface area contributed by atoms with Crippen molar-refractivity contribution in [3.05, 3.63) is 12.4 Å². The third-order valence-corrected chi connectivity index (χ3v) is 1.34. The lowest BCUT2D eigenvalue weighted by atomic mass is 10.6. The van der Waals surface area contributed by atoms with E-state index in [1.807, 2.05) is 0 Å². The van der Waals surface area contributed by atoms with Gasteiger partial charge in [-0.2, -0.15) is 0 Å². The Morgan fingerprint density at radius 1 is 1.30 bits per heavy atom. The fourth-order valence-corrected chi connectivity index (χ4v) is 0.794. The summed E-state index contributed by atoms with van der Waals surface area (Å²) in [5.74, 6) is 0. The molecule has 0 atom stereocenters. The molecule has 0 aromatic rings. The van der Waals surface area contributed by atoms with Gasteiger partial charge in [0.2, 0.25) is 0 Å². The smallest absolute Gasteiger partial charge is 0.0890 e. The van der Waals surface area contributed by atoms with Crippen molar-refractivity contribution in [2.45, 2.75) is 21.8 Å². The van der Waals surface area contributed by atoms with Gasteiger partial charge in [0.25, 0.3) is 0 Å². The fourth-order valence-electron chi connectivity index (χ4n) is 0.794. The Balaban J connectivity index is 0. The normalized spacial score (nSPS) is 14.6. The molecule has 62 valence electrons. The summed E-state index contributed by atoms with van der Waals surface area (Å²) in [6, 6.07) is 0. The third-order valence-electron chi connectivity index (χ3n) is 1.34. The van der Waals surface area contributed by atoms with Crippen LogP contribution in [-0.2, 0) is 0 Å². The molecule has 10 heavy (non-hydrogen) atoms. The van der Waals surface area contributed by atoms with E-state index in [2.05, 4.69) is 36.2 Å². The molecule has 1 aliphatic rings. The van der Waals surface area contributed by atoms with Crippen LogP contribution in [0.5, 0.6) is 0 Å². The highest BCUT2D eigenvalue weighted by Crippen LogP contribution is 2.00. The Kier molecular flexibility index (Phi) is 6.21. The van der Waals surface area contributed by atoms with Crippen molar-refractivity contribution in [1.29, 1.82) is 0 Å². The van der Waals surface area contributed by atoms with Crippen LogP contribution in [0.2, 0.25) is 0 Å². The fraction of sp³-hybridized carbons (Fsp3) is 0.750. The molecule has 2 heteroatoms. The minimum absolute atomic E-state index is 0. The van der Waals surface area contributed by atoms with Crippen molar-refractivity contribution in [3.8, 4) is 0 Å². The molecule has 0 fully saturated rings. The van der Waals surface area contributed by atoms with Crippen molar-refractivity contribution < 1.29 is 0 Å². The minimum atomic E-state index is 0. The van der Waals surface area contributed by atoms with Crippen LogP contribution in [0.4, 0.5) is 0 Å². The van der Waals surface area contributed by atoms with Gasteiger partial charge in [0.15, 0.2) is 0 Å². The predicted molar refractivity (Wildman–Crippen MR) is 47.6 cm³/mol. The number of hydrogen-bond donors (Lipinski definition) is 0. The molecule has 0 aromatic carbocycles. The van der Waals surface area contributed by atoms with Crippen molar-refractivity contribution in [3.63, 3.8) is 0 Å². The lowest BCUT2D eigenvalue weighted by Gasteiger charge is -2.14. The maximum atomic E-state index is 2.25. The van der Waals surface area contributed by atoms with Crippen molar-refractivity contribution in [2.75, 3.05) is 20.3 Å².